The topological polar surface area (TPSA) is 21.1 Å². The number of nitrogens with zero attached hydrogens (tertiary/aromatic N) is 3. The molecule has 3 rings (SSSR count). The second-order valence-electron chi connectivity index (χ2n) is 4.51. The summed E-state index contributed by atoms with van der Waals surface area (Å²) in [5.74, 6) is 0. The van der Waals surface area contributed by atoms with E-state index < -0.39 is 0 Å². The van der Waals surface area contributed by atoms with Crippen molar-refractivity contribution >= 4 is 5.69 Å². The van der Waals surface area contributed by atoms with Crippen molar-refractivity contribution < 1.29 is 0 Å². The van der Waals surface area contributed by atoms with Crippen LogP contribution < -0.4 is 4.90 Å². The number of hydrogen-bond donors (Lipinski definition) is 0. The van der Waals surface area contributed by atoms with Crippen LogP contribution in [0.2, 0.25) is 0 Å². The Balaban J connectivity index is 1.80. The van der Waals surface area contributed by atoms with Gasteiger partial charge in [0.05, 0.1) is 5.69 Å². The van der Waals surface area contributed by atoms with Crippen LogP contribution in [0.15, 0.2) is 42.7 Å². The minimum atomic E-state index is 1.12. The molecule has 1 aliphatic heterocycles. The Morgan fingerprint density at radius 2 is 1.59 bits per heavy atom. The van der Waals surface area contributed by atoms with Crippen LogP contribution in [-0.4, -0.2) is 22.9 Å². The summed E-state index contributed by atoms with van der Waals surface area (Å²) in [7, 11) is 0. The van der Waals surface area contributed by atoms with Crippen LogP contribution in [0.25, 0.3) is 5.69 Å². The maximum atomic E-state index is 4.23. The Labute approximate surface area is 102 Å². The first kappa shape index (κ1) is 10.4. The molecule has 3 heteroatoms. The van der Waals surface area contributed by atoms with E-state index in [-0.39, 0.29) is 0 Å². The van der Waals surface area contributed by atoms with Crippen molar-refractivity contribution in [1.29, 1.82) is 0 Å². The highest BCUT2D eigenvalue weighted by atomic mass is 15.3. The Morgan fingerprint density at radius 1 is 0.882 bits per heavy atom. The van der Waals surface area contributed by atoms with Gasteiger partial charge < -0.3 is 4.90 Å². The zero-order valence-corrected chi connectivity index (χ0v) is 9.92. The fourth-order valence-electron chi connectivity index (χ4n) is 2.39. The highest BCUT2D eigenvalue weighted by Crippen LogP contribution is 2.21. The minimum Gasteiger partial charge on any atom is -0.372 e. The standard InChI is InChI=1S/C14H17N3/c1-2-10-16(11-3-1)13-5-7-14(8-6-13)17-12-4-9-15-17/h4-9,12H,1-3,10-11H2. The molecular weight excluding hydrogens is 210 g/mol. The van der Waals surface area contributed by atoms with Crippen LogP contribution in [-0.2, 0) is 0 Å². The van der Waals surface area contributed by atoms with Gasteiger partial charge in [0.25, 0.3) is 0 Å². The van der Waals surface area contributed by atoms with E-state index in [0.717, 1.165) is 5.69 Å². The molecular formula is C14H17N3. The smallest absolute Gasteiger partial charge is 0.0647 e. The molecule has 2 aromatic rings. The summed E-state index contributed by atoms with van der Waals surface area (Å²) in [6, 6.07) is 10.6. The van der Waals surface area contributed by atoms with E-state index in [1.807, 2.05) is 16.9 Å². The predicted octanol–water partition coefficient (Wildman–Crippen LogP) is 2.86. The van der Waals surface area contributed by atoms with Gasteiger partial charge in [-0.1, -0.05) is 0 Å². The zero-order chi connectivity index (χ0) is 11.5. The van der Waals surface area contributed by atoms with Crippen molar-refractivity contribution in [2.45, 2.75) is 19.3 Å². The minimum absolute atomic E-state index is 1.12. The van der Waals surface area contributed by atoms with Crippen molar-refractivity contribution in [3.8, 4) is 5.69 Å². The van der Waals surface area contributed by atoms with Gasteiger partial charge in [-0.3, -0.25) is 0 Å². The molecule has 1 fully saturated rings. The SMILES string of the molecule is c1cnn(-c2ccc(N3CCCCC3)cc2)c1. The van der Waals surface area contributed by atoms with Gasteiger partial charge in [0.2, 0.25) is 0 Å². The molecule has 1 saturated heterocycles. The van der Waals surface area contributed by atoms with Crippen LogP contribution in [0.5, 0.6) is 0 Å². The fraction of sp³-hybridized carbons (Fsp3) is 0.357. The molecule has 1 aromatic carbocycles. The van der Waals surface area contributed by atoms with Gasteiger partial charge in [-0.2, -0.15) is 5.10 Å². The lowest BCUT2D eigenvalue weighted by Gasteiger charge is -2.28. The Hall–Kier alpha value is -1.77. The van der Waals surface area contributed by atoms with E-state index in [0.29, 0.717) is 0 Å². The molecule has 0 aliphatic carbocycles. The Morgan fingerprint density at radius 3 is 2.24 bits per heavy atom. The highest BCUT2D eigenvalue weighted by molar-refractivity contribution is 5.50. The number of rotatable bonds is 2. The molecule has 88 valence electrons. The first-order valence-electron chi connectivity index (χ1n) is 6.28. The summed E-state index contributed by atoms with van der Waals surface area (Å²) in [5, 5.41) is 4.23. The number of aromatic nitrogens is 2. The molecule has 0 atom stereocenters. The second-order valence-corrected chi connectivity index (χ2v) is 4.51. The number of anilines is 1. The molecule has 17 heavy (non-hydrogen) atoms. The molecule has 2 heterocycles. The van der Waals surface area contributed by atoms with E-state index in [1.165, 1.54) is 38.0 Å². The summed E-state index contributed by atoms with van der Waals surface area (Å²) >= 11 is 0. The molecule has 1 aromatic heterocycles. The van der Waals surface area contributed by atoms with Gasteiger partial charge in [0.1, 0.15) is 0 Å². The van der Waals surface area contributed by atoms with Gasteiger partial charge in [0, 0.05) is 31.2 Å². The summed E-state index contributed by atoms with van der Waals surface area (Å²) in [6.45, 7) is 2.39. The number of benzene rings is 1. The van der Waals surface area contributed by atoms with Crippen LogP contribution in [0.3, 0.4) is 0 Å². The average molecular weight is 227 g/mol. The maximum absolute atomic E-state index is 4.23. The third kappa shape index (κ3) is 2.18. The normalized spacial score (nSPS) is 16.1. The molecule has 3 nitrogen and oxygen atoms in total. The van der Waals surface area contributed by atoms with Crippen LogP contribution in [0.1, 0.15) is 19.3 Å². The van der Waals surface area contributed by atoms with Crippen molar-refractivity contribution in [1.82, 2.24) is 9.78 Å². The van der Waals surface area contributed by atoms with Crippen LogP contribution >= 0.6 is 0 Å². The second kappa shape index (κ2) is 4.62. The molecule has 0 amide bonds. The Bertz CT molecular complexity index is 453. The Kier molecular flexibility index (Phi) is 2.82. The molecule has 0 bridgehead atoms. The van der Waals surface area contributed by atoms with E-state index in [4.69, 9.17) is 0 Å². The maximum Gasteiger partial charge on any atom is 0.0647 e. The average Bonchev–Trinajstić information content (AvgIpc) is 2.94. The lowest BCUT2D eigenvalue weighted by atomic mass is 10.1. The highest BCUT2D eigenvalue weighted by Gasteiger charge is 2.10. The summed E-state index contributed by atoms with van der Waals surface area (Å²) in [5.41, 5.74) is 2.45. The summed E-state index contributed by atoms with van der Waals surface area (Å²) in [4.78, 5) is 2.47. The fourth-order valence-corrected chi connectivity index (χ4v) is 2.39. The van der Waals surface area contributed by atoms with Crippen molar-refractivity contribution in [3.05, 3.63) is 42.7 Å². The summed E-state index contributed by atoms with van der Waals surface area (Å²) < 4.78 is 1.89. The first-order valence-corrected chi connectivity index (χ1v) is 6.28. The van der Waals surface area contributed by atoms with E-state index >= 15 is 0 Å². The van der Waals surface area contributed by atoms with E-state index in [2.05, 4.69) is 34.3 Å². The van der Waals surface area contributed by atoms with Crippen LogP contribution in [0, 0.1) is 0 Å². The predicted molar refractivity (Wildman–Crippen MR) is 69.6 cm³/mol. The lowest BCUT2D eigenvalue weighted by Crippen LogP contribution is -2.29. The molecule has 0 radical (unpaired) electrons. The summed E-state index contributed by atoms with van der Waals surface area (Å²) in [6.07, 6.45) is 7.79. The first-order chi connectivity index (χ1) is 8.43. The van der Waals surface area contributed by atoms with Gasteiger partial charge >= 0.3 is 0 Å². The van der Waals surface area contributed by atoms with Crippen molar-refractivity contribution in [3.63, 3.8) is 0 Å². The van der Waals surface area contributed by atoms with Gasteiger partial charge in [-0.05, 0) is 49.6 Å². The van der Waals surface area contributed by atoms with Gasteiger partial charge in [-0.25, -0.2) is 4.68 Å². The lowest BCUT2D eigenvalue weighted by molar-refractivity contribution is 0.578. The molecule has 0 saturated carbocycles. The van der Waals surface area contributed by atoms with Crippen molar-refractivity contribution in [2.75, 3.05) is 18.0 Å². The quantitative estimate of drug-likeness (QED) is 0.786. The van der Waals surface area contributed by atoms with Gasteiger partial charge in [-0.15, -0.1) is 0 Å². The van der Waals surface area contributed by atoms with Crippen molar-refractivity contribution in [2.24, 2.45) is 0 Å². The third-order valence-electron chi connectivity index (χ3n) is 3.34. The largest absolute Gasteiger partial charge is 0.372 e. The third-order valence-corrected chi connectivity index (χ3v) is 3.34. The number of piperidine rings is 1. The molecule has 0 N–H and O–H groups in total. The monoisotopic (exact) mass is 227 g/mol. The molecule has 0 spiro atoms. The molecule has 0 unspecified atom stereocenters. The van der Waals surface area contributed by atoms with Gasteiger partial charge in [0.15, 0.2) is 0 Å². The van der Waals surface area contributed by atoms with Crippen LogP contribution in [0.4, 0.5) is 5.69 Å². The number of hydrogen-bond acceptors (Lipinski definition) is 2. The van der Waals surface area contributed by atoms with E-state index in [1.54, 1.807) is 6.20 Å². The van der Waals surface area contributed by atoms with E-state index in [9.17, 15) is 0 Å². The molecule has 1 aliphatic rings. The zero-order valence-electron chi connectivity index (χ0n) is 9.92.